The zero-order valence-corrected chi connectivity index (χ0v) is 14.2. The highest BCUT2D eigenvalue weighted by Gasteiger charge is 2.43. The Balaban J connectivity index is 1.46. The number of likely N-dealkylation sites (tertiary alicyclic amines) is 1. The van der Waals surface area contributed by atoms with Gasteiger partial charge in [0, 0.05) is 30.9 Å². The zero-order valence-electron chi connectivity index (χ0n) is 14.2. The molecule has 0 radical (unpaired) electrons. The predicted octanol–water partition coefficient (Wildman–Crippen LogP) is 3.92. The van der Waals surface area contributed by atoms with Crippen molar-refractivity contribution in [1.82, 2.24) is 9.88 Å². The lowest BCUT2D eigenvalue weighted by atomic mass is 9.63. The minimum Gasteiger partial charge on any atom is -0.508 e. The van der Waals surface area contributed by atoms with Crippen LogP contribution in [0.2, 0.25) is 0 Å². The Morgan fingerprint density at radius 1 is 1.17 bits per heavy atom. The van der Waals surface area contributed by atoms with Crippen molar-refractivity contribution in [2.75, 3.05) is 13.1 Å². The topological polar surface area (TPSA) is 36.4 Å². The second-order valence-electron chi connectivity index (χ2n) is 7.44. The summed E-state index contributed by atoms with van der Waals surface area (Å²) >= 11 is 0. The van der Waals surface area contributed by atoms with Crippen LogP contribution in [0.15, 0.2) is 48.7 Å². The summed E-state index contributed by atoms with van der Waals surface area (Å²) < 4.78 is 0. The monoisotopic (exact) mass is 322 g/mol. The fourth-order valence-electron chi connectivity index (χ4n) is 4.75. The van der Waals surface area contributed by atoms with Crippen LogP contribution in [0, 0.1) is 0 Å². The van der Waals surface area contributed by atoms with Crippen LogP contribution in [-0.4, -0.2) is 34.1 Å². The van der Waals surface area contributed by atoms with E-state index < -0.39 is 0 Å². The van der Waals surface area contributed by atoms with Crippen molar-refractivity contribution in [2.45, 2.75) is 50.0 Å². The molecule has 2 aliphatic rings. The van der Waals surface area contributed by atoms with E-state index in [1.807, 2.05) is 24.4 Å². The lowest BCUT2D eigenvalue weighted by molar-refractivity contribution is 0.0522. The molecule has 2 atom stereocenters. The number of rotatable bonds is 4. The molecule has 3 nitrogen and oxygen atoms in total. The largest absolute Gasteiger partial charge is 0.508 e. The van der Waals surface area contributed by atoms with Crippen LogP contribution >= 0.6 is 0 Å². The van der Waals surface area contributed by atoms with Crippen LogP contribution in [-0.2, 0) is 11.8 Å². The number of aromatic hydroxyl groups is 1. The summed E-state index contributed by atoms with van der Waals surface area (Å²) in [5, 5.41) is 9.88. The number of phenols is 1. The average Bonchev–Trinajstić information content (AvgIpc) is 2.62. The van der Waals surface area contributed by atoms with Crippen LogP contribution in [0.1, 0.15) is 43.4 Å². The van der Waals surface area contributed by atoms with Gasteiger partial charge in [-0.25, -0.2) is 0 Å². The van der Waals surface area contributed by atoms with E-state index in [1.165, 1.54) is 43.4 Å². The third kappa shape index (κ3) is 3.05. The molecule has 4 rings (SSSR count). The van der Waals surface area contributed by atoms with Crippen molar-refractivity contribution >= 4 is 0 Å². The molecule has 1 saturated heterocycles. The van der Waals surface area contributed by atoms with Gasteiger partial charge in [0.25, 0.3) is 0 Å². The second-order valence-corrected chi connectivity index (χ2v) is 7.44. The van der Waals surface area contributed by atoms with E-state index in [0.29, 0.717) is 11.8 Å². The van der Waals surface area contributed by atoms with Gasteiger partial charge in [-0.05, 0) is 67.5 Å². The predicted molar refractivity (Wildman–Crippen MR) is 96.2 cm³/mol. The molecule has 24 heavy (non-hydrogen) atoms. The number of fused-ring (bicyclic) bond motifs is 2. The summed E-state index contributed by atoms with van der Waals surface area (Å²) in [7, 11) is 0. The van der Waals surface area contributed by atoms with Crippen LogP contribution in [0.5, 0.6) is 5.75 Å². The van der Waals surface area contributed by atoms with Gasteiger partial charge in [0.05, 0.1) is 0 Å². The Labute approximate surface area is 144 Å². The lowest BCUT2D eigenvalue weighted by Gasteiger charge is -2.51. The summed E-state index contributed by atoms with van der Waals surface area (Å²) in [6.45, 7) is 2.27. The number of aromatic nitrogens is 1. The first-order chi connectivity index (χ1) is 11.8. The van der Waals surface area contributed by atoms with Gasteiger partial charge in [-0.15, -0.1) is 0 Å². The quantitative estimate of drug-likeness (QED) is 0.927. The molecular weight excluding hydrogens is 296 g/mol. The molecule has 1 aromatic carbocycles. The minimum atomic E-state index is 0.281. The van der Waals surface area contributed by atoms with Gasteiger partial charge in [0.2, 0.25) is 0 Å². The zero-order chi connectivity index (χ0) is 16.4. The molecule has 2 aromatic rings. The first kappa shape index (κ1) is 15.6. The molecule has 1 aliphatic carbocycles. The lowest BCUT2D eigenvalue weighted by Crippen LogP contribution is -2.52. The molecule has 3 heteroatoms. The number of phenolic OH excluding ortho intramolecular Hbond substituents is 1. The summed E-state index contributed by atoms with van der Waals surface area (Å²) in [6.07, 6.45) is 9.23. The molecule has 2 heterocycles. The highest BCUT2D eigenvalue weighted by Crippen LogP contribution is 2.47. The van der Waals surface area contributed by atoms with E-state index >= 15 is 0 Å². The van der Waals surface area contributed by atoms with Crippen LogP contribution in [0.25, 0.3) is 0 Å². The van der Waals surface area contributed by atoms with Crippen LogP contribution in [0.3, 0.4) is 0 Å². The van der Waals surface area contributed by atoms with Crippen molar-refractivity contribution in [3.05, 3.63) is 59.9 Å². The molecule has 2 fully saturated rings. The smallest absolute Gasteiger partial charge is 0.115 e. The summed E-state index contributed by atoms with van der Waals surface area (Å²) in [4.78, 5) is 7.13. The SMILES string of the molecule is Oc1cccc([C@]23CCC[C@H](C2)N(CCc2ccccn2)CC3)c1. The van der Waals surface area contributed by atoms with Gasteiger partial charge in [-0.3, -0.25) is 9.88 Å². The van der Waals surface area contributed by atoms with E-state index in [-0.39, 0.29) is 5.41 Å². The van der Waals surface area contributed by atoms with Crippen LogP contribution in [0.4, 0.5) is 0 Å². The Kier molecular flexibility index (Phi) is 4.28. The van der Waals surface area contributed by atoms with Crippen molar-refractivity contribution in [3.63, 3.8) is 0 Å². The number of hydrogen-bond acceptors (Lipinski definition) is 3. The third-order valence-corrected chi connectivity index (χ3v) is 6.05. The molecule has 2 bridgehead atoms. The van der Waals surface area contributed by atoms with Crippen molar-refractivity contribution in [2.24, 2.45) is 0 Å². The summed E-state index contributed by atoms with van der Waals surface area (Å²) in [6, 6.07) is 14.8. The molecule has 1 saturated carbocycles. The number of nitrogens with zero attached hydrogens (tertiary/aromatic N) is 2. The fraction of sp³-hybridized carbons (Fsp3) is 0.476. The standard InChI is InChI=1S/C21H26N2O/c24-20-8-3-5-17(15-20)21-10-4-7-19(16-21)23(14-11-21)13-9-18-6-1-2-12-22-18/h1-3,5-6,8,12,15,19,24H,4,7,9-11,13-14,16H2/t19-,21+/m1/s1. The second kappa shape index (κ2) is 6.56. The van der Waals surface area contributed by atoms with Gasteiger partial charge < -0.3 is 5.11 Å². The summed E-state index contributed by atoms with van der Waals surface area (Å²) in [5.41, 5.74) is 2.82. The van der Waals surface area contributed by atoms with Gasteiger partial charge in [0.1, 0.15) is 5.75 Å². The van der Waals surface area contributed by atoms with Gasteiger partial charge in [-0.2, -0.15) is 0 Å². The normalized spacial score (nSPS) is 27.1. The Morgan fingerprint density at radius 2 is 2.12 bits per heavy atom. The minimum absolute atomic E-state index is 0.281. The molecule has 1 aliphatic heterocycles. The van der Waals surface area contributed by atoms with E-state index in [9.17, 15) is 5.11 Å². The number of benzene rings is 1. The maximum Gasteiger partial charge on any atom is 0.115 e. The molecular formula is C21H26N2O. The van der Waals surface area contributed by atoms with E-state index in [4.69, 9.17) is 0 Å². The first-order valence-electron chi connectivity index (χ1n) is 9.19. The van der Waals surface area contributed by atoms with Gasteiger partial charge in [-0.1, -0.05) is 24.6 Å². The molecule has 0 spiro atoms. The highest BCUT2D eigenvalue weighted by atomic mass is 16.3. The molecule has 1 aromatic heterocycles. The van der Waals surface area contributed by atoms with Crippen LogP contribution < -0.4 is 0 Å². The van der Waals surface area contributed by atoms with Crippen molar-refractivity contribution < 1.29 is 5.11 Å². The fourth-order valence-corrected chi connectivity index (χ4v) is 4.75. The average molecular weight is 322 g/mol. The van der Waals surface area contributed by atoms with E-state index in [2.05, 4.69) is 28.1 Å². The Hall–Kier alpha value is -1.87. The van der Waals surface area contributed by atoms with Gasteiger partial charge >= 0.3 is 0 Å². The third-order valence-electron chi connectivity index (χ3n) is 6.05. The maximum absolute atomic E-state index is 9.88. The Bertz CT molecular complexity index is 687. The summed E-state index contributed by atoms with van der Waals surface area (Å²) in [5.74, 6) is 0.404. The first-order valence-corrected chi connectivity index (χ1v) is 9.19. The Morgan fingerprint density at radius 3 is 2.96 bits per heavy atom. The number of hydrogen-bond donors (Lipinski definition) is 1. The van der Waals surface area contributed by atoms with Crippen molar-refractivity contribution in [3.8, 4) is 5.75 Å². The molecule has 0 unspecified atom stereocenters. The maximum atomic E-state index is 9.88. The van der Waals surface area contributed by atoms with E-state index in [0.717, 1.165) is 19.5 Å². The number of piperidine rings is 1. The number of pyridine rings is 1. The van der Waals surface area contributed by atoms with Crippen molar-refractivity contribution in [1.29, 1.82) is 0 Å². The van der Waals surface area contributed by atoms with Gasteiger partial charge in [0.15, 0.2) is 0 Å². The van der Waals surface area contributed by atoms with E-state index in [1.54, 1.807) is 6.07 Å². The molecule has 1 N–H and O–H groups in total. The highest BCUT2D eigenvalue weighted by molar-refractivity contribution is 5.34. The molecule has 0 amide bonds. The molecule has 126 valence electrons.